The molecule has 0 saturated heterocycles. The molecule has 2 rings (SSSR count). The predicted molar refractivity (Wildman–Crippen MR) is 86.1 cm³/mol. The molecule has 0 aliphatic rings. The summed E-state index contributed by atoms with van der Waals surface area (Å²) >= 11 is 0. The third-order valence-corrected chi connectivity index (χ3v) is 3.40. The van der Waals surface area contributed by atoms with Gasteiger partial charge < -0.3 is 9.64 Å². The molecule has 0 fully saturated rings. The minimum absolute atomic E-state index is 0.0507. The zero-order chi connectivity index (χ0) is 15.6. The lowest BCUT2D eigenvalue weighted by Gasteiger charge is -2.22. The van der Waals surface area contributed by atoms with Crippen LogP contribution in [0.2, 0.25) is 0 Å². The number of carbonyl (C=O) groups excluding carboxylic acids is 1. The van der Waals surface area contributed by atoms with Gasteiger partial charge in [-0.1, -0.05) is 38.0 Å². The first-order valence-electron chi connectivity index (χ1n) is 7.76. The average molecular weight is 301 g/mol. The summed E-state index contributed by atoms with van der Waals surface area (Å²) < 4.78 is 7.20. The molecule has 1 aromatic carbocycles. The van der Waals surface area contributed by atoms with E-state index in [0.717, 1.165) is 31.6 Å². The molecule has 0 spiro atoms. The van der Waals surface area contributed by atoms with E-state index in [4.69, 9.17) is 4.74 Å². The Balaban J connectivity index is 1.88. The van der Waals surface area contributed by atoms with E-state index in [9.17, 15) is 4.79 Å². The molecule has 1 amide bonds. The Kier molecular flexibility index (Phi) is 6.48. The lowest BCUT2D eigenvalue weighted by atomic mass is 10.2. The molecular weight excluding hydrogens is 278 g/mol. The number of ether oxygens (including phenoxy) is 1. The second kappa shape index (κ2) is 8.87. The van der Waals surface area contributed by atoms with Gasteiger partial charge in [0, 0.05) is 18.9 Å². The number of aromatic nitrogens is 2. The molecule has 2 aromatic rings. The van der Waals surface area contributed by atoms with Crippen LogP contribution in [0, 0.1) is 0 Å². The molecule has 0 bridgehead atoms. The third kappa shape index (κ3) is 4.91. The standard InChI is InChI=1S/C17H23N3O2/c1-2-3-7-11-19(17(21)20-12-10-18-15-20)13-14-22-16-8-5-4-6-9-16/h4-6,8-10,12,15H,2-3,7,11,13-14H2,1H3. The van der Waals surface area contributed by atoms with Gasteiger partial charge in [0.15, 0.2) is 0 Å². The van der Waals surface area contributed by atoms with Crippen LogP contribution in [0.5, 0.6) is 5.75 Å². The Bertz CT molecular complexity index is 540. The first-order valence-corrected chi connectivity index (χ1v) is 7.76. The van der Waals surface area contributed by atoms with E-state index in [-0.39, 0.29) is 6.03 Å². The highest BCUT2D eigenvalue weighted by molar-refractivity contribution is 5.76. The van der Waals surface area contributed by atoms with Crippen molar-refractivity contribution in [3.05, 3.63) is 49.1 Å². The van der Waals surface area contributed by atoms with E-state index >= 15 is 0 Å². The molecule has 22 heavy (non-hydrogen) atoms. The van der Waals surface area contributed by atoms with Gasteiger partial charge in [-0.3, -0.25) is 4.57 Å². The van der Waals surface area contributed by atoms with Crippen molar-refractivity contribution in [1.29, 1.82) is 0 Å². The lowest BCUT2D eigenvalue weighted by Crippen LogP contribution is -2.38. The summed E-state index contributed by atoms with van der Waals surface area (Å²) in [7, 11) is 0. The van der Waals surface area contributed by atoms with Crippen LogP contribution in [0.3, 0.4) is 0 Å². The summed E-state index contributed by atoms with van der Waals surface area (Å²) in [5.74, 6) is 0.825. The van der Waals surface area contributed by atoms with Gasteiger partial charge in [0.05, 0.1) is 6.54 Å². The van der Waals surface area contributed by atoms with Crippen LogP contribution >= 0.6 is 0 Å². The van der Waals surface area contributed by atoms with E-state index in [1.807, 2.05) is 35.2 Å². The fraction of sp³-hybridized carbons (Fsp3) is 0.412. The fourth-order valence-corrected chi connectivity index (χ4v) is 2.18. The van der Waals surface area contributed by atoms with Crippen LogP contribution < -0.4 is 4.74 Å². The lowest BCUT2D eigenvalue weighted by molar-refractivity contribution is 0.182. The highest BCUT2D eigenvalue weighted by Crippen LogP contribution is 2.09. The van der Waals surface area contributed by atoms with Crippen molar-refractivity contribution in [1.82, 2.24) is 14.5 Å². The Morgan fingerprint density at radius 3 is 2.73 bits per heavy atom. The number of carbonyl (C=O) groups is 1. The van der Waals surface area contributed by atoms with Gasteiger partial charge >= 0.3 is 6.03 Å². The highest BCUT2D eigenvalue weighted by Gasteiger charge is 2.14. The number of unbranched alkanes of at least 4 members (excludes halogenated alkanes) is 2. The number of rotatable bonds is 8. The first-order chi connectivity index (χ1) is 10.8. The maximum Gasteiger partial charge on any atom is 0.329 e. The van der Waals surface area contributed by atoms with Gasteiger partial charge in [0.25, 0.3) is 0 Å². The summed E-state index contributed by atoms with van der Waals surface area (Å²) in [4.78, 5) is 18.2. The van der Waals surface area contributed by atoms with Gasteiger partial charge in [-0.15, -0.1) is 0 Å². The number of para-hydroxylation sites is 1. The summed E-state index contributed by atoms with van der Waals surface area (Å²) in [5.41, 5.74) is 0. The van der Waals surface area contributed by atoms with Gasteiger partial charge in [0.2, 0.25) is 0 Å². The number of amides is 1. The van der Waals surface area contributed by atoms with Crippen molar-refractivity contribution in [2.24, 2.45) is 0 Å². The molecule has 5 nitrogen and oxygen atoms in total. The molecule has 0 aliphatic carbocycles. The molecule has 118 valence electrons. The number of imidazole rings is 1. The zero-order valence-corrected chi connectivity index (χ0v) is 13.0. The van der Waals surface area contributed by atoms with Crippen LogP contribution in [-0.2, 0) is 0 Å². The van der Waals surface area contributed by atoms with Gasteiger partial charge in [-0.05, 0) is 18.6 Å². The van der Waals surface area contributed by atoms with Crippen molar-refractivity contribution in [2.75, 3.05) is 19.7 Å². The molecule has 1 heterocycles. The smallest absolute Gasteiger partial charge is 0.329 e. The number of benzene rings is 1. The molecule has 0 aliphatic heterocycles. The quantitative estimate of drug-likeness (QED) is 0.702. The molecule has 0 unspecified atom stereocenters. The average Bonchev–Trinajstić information content (AvgIpc) is 3.08. The topological polar surface area (TPSA) is 47.4 Å². The zero-order valence-electron chi connectivity index (χ0n) is 13.0. The van der Waals surface area contributed by atoms with Gasteiger partial charge in [-0.25, -0.2) is 9.78 Å². The first kappa shape index (κ1) is 16.1. The maximum atomic E-state index is 12.4. The molecule has 1 aromatic heterocycles. The van der Waals surface area contributed by atoms with E-state index in [1.165, 1.54) is 10.9 Å². The number of hydrogen-bond acceptors (Lipinski definition) is 3. The van der Waals surface area contributed by atoms with Crippen LogP contribution in [0.25, 0.3) is 0 Å². The van der Waals surface area contributed by atoms with Crippen LogP contribution in [-0.4, -0.2) is 40.2 Å². The second-order valence-corrected chi connectivity index (χ2v) is 5.11. The minimum Gasteiger partial charge on any atom is -0.492 e. The van der Waals surface area contributed by atoms with Gasteiger partial charge in [-0.2, -0.15) is 0 Å². The minimum atomic E-state index is -0.0507. The van der Waals surface area contributed by atoms with E-state index < -0.39 is 0 Å². The fourth-order valence-electron chi connectivity index (χ4n) is 2.18. The Morgan fingerprint density at radius 1 is 1.23 bits per heavy atom. The van der Waals surface area contributed by atoms with E-state index in [2.05, 4.69) is 11.9 Å². The summed E-state index contributed by atoms with van der Waals surface area (Å²) in [6.07, 6.45) is 8.08. The van der Waals surface area contributed by atoms with Crippen molar-refractivity contribution in [3.63, 3.8) is 0 Å². The molecular formula is C17H23N3O2. The molecule has 5 heteroatoms. The van der Waals surface area contributed by atoms with Crippen LogP contribution in [0.15, 0.2) is 49.1 Å². The van der Waals surface area contributed by atoms with Crippen molar-refractivity contribution in [2.45, 2.75) is 26.2 Å². The predicted octanol–water partition coefficient (Wildman–Crippen LogP) is 3.42. The SMILES string of the molecule is CCCCCN(CCOc1ccccc1)C(=O)n1ccnc1. The molecule has 0 saturated carbocycles. The van der Waals surface area contributed by atoms with Crippen molar-refractivity contribution >= 4 is 6.03 Å². The molecule has 0 atom stereocenters. The van der Waals surface area contributed by atoms with Gasteiger partial charge in [0.1, 0.15) is 18.7 Å². The third-order valence-electron chi connectivity index (χ3n) is 3.40. The monoisotopic (exact) mass is 301 g/mol. The normalized spacial score (nSPS) is 10.4. The van der Waals surface area contributed by atoms with Crippen molar-refractivity contribution < 1.29 is 9.53 Å². The number of hydrogen-bond donors (Lipinski definition) is 0. The highest BCUT2D eigenvalue weighted by atomic mass is 16.5. The maximum absolute atomic E-state index is 12.4. The van der Waals surface area contributed by atoms with Crippen molar-refractivity contribution in [3.8, 4) is 5.75 Å². The Labute approximate surface area is 131 Å². The molecule has 0 N–H and O–H groups in total. The Morgan fingerprint density at radius 2 is 2.05 bits per heavy atom. The summed E-state index contributed by atoms with van der Waals surface area (Å²) in [6.45, 7) is 3.94. The Hall–Kier alpha value is -2.30. The second-order valence-electron chi connectivity index (χ2n) is 5.11. The summed E-state index contributed by atoms with van der Waals surface area (Å²) in [5, 5.41) is 0. The van der Waals surface area contributed by atoms with E-state index in [1.54, 1.807) is 12.4 Å². The van der Waals surface area contributed by atoms with Crippen LogP contribution in [0.4, 0.5) is 4.79 Å². The van der Waals surface area contributed by atoms with Crippen LogP contribution in [0.1, 0.15) is 26.2 Å². The molecule has 0 radical (unpaired) electrons. The largest absolute Gasteiger partial charge is 0.492 e. The van der Waals surface area contributed by atoms with E-state index in [0.29, 0.717) is 13.2 Å². The number of nitrogens with zero attached hydrogens (tertiary/aromatic N) is 3. The summed E-state index contributed by atoms with van der Waals surface area (Å²) in [6, 6.07) is 9.60.